The fourth-order valence-corrected chi connectivity index (χ4v) is 0.550. The number of rotatable bonds is 4. The molecule has 0 fully saturated rings. The van der Waals surface area contributed by atoms with Crippen molar-refractivity contribution in [2.75, 3.05) is 6.54 Å². The third-order valence-corrected chi connectivity index (χ3v) is 1.59. The van der Waals surface area contributed by atoms with Crippen LogP contribution in [0.4, 0.5) is 0 Å². The van der Waals surface area contributed by atoms with Gasteiger partial charge in [0.05, 0.1) is 6.10 Å². The number of aliphatic hydroxyl groups is 1. The average Bonchev–Trinajstić information content (AvgIpc) is 1.82. The van der Waals surface area contributed by atoms with Crippen molar-refractivity contribution in [1.82, 2.24) is 0 Å². The van der Waals surface area contributed by atoms with Crippen molar-refractivity contribution in [2.24, 2.45) is 5.92 Å². The summed E-state index contributed by atoms with van der Waals surface area (Å²) in [6, 6.07) is 0. The molecule has 0 aromatic heterocycles. The molecule has 0 amide bonds. The van der Waals surface area contributed by atoms with E-state index in [-0.39, 0.29) is 17.4 Å². The maximum Gasteiger partial charge on any atom is 0.204 e. The summed E-state index contributed by atoms with van der Waals surface area (Å²) in [5.41, 5.74) is 0. The highest BCUT2D eigenvalue weighted by atomic mass is 16.6. The summed E-state index contributed by atoms with van der Waals surface area (Å²) < 4.78 is 0. The second kappa shape index (κ2) is 4.22. The first-order chi connectivity index (χ1) is 4.54. The predicted molar refractivity (Wildman–Crippen MR) is 37.3 cm³/mol. The minimum absolute atomic E-state index is 0.0189. The van der Waals surface area contributed by atoms with Gasteiger partial charge in [-0.3, -0.25) is 10.1 Å². The van der Waals surface area contributed by atoms with Crippen LogP contribution in [0.3, 0.4) is 0 Å². The van der Waals surface area contributed by atoms with Crippen LogP contribution in [-0.4, -0.2) is 22.7 Å². The maximum absolute atomic E-state index is 9.85. The first-order valence-electron chi connectivity index (χ1n) is 3.34. The van der Waals surface area contributed by atoms with Gasteiger partial charge >= 0.3 is 0 Å². The summed E-state index contributed by atoms with van der Waals surface area (Å²) in [7, 11) is 0. The highest BCUT2D eigenvalue weighted by molar-refractivity contribution is 4.57. The molecule has 10 heavy (non-hydrogen) atoms. The standard InChI is InChI=1S/C6H13NO3/c1-5(6(2)8)3-4-7(9)10/h5-6,8H,3-4H2,1-2H3. The molecule has 0 aromatic carbocycles. The number of hydrogen-bond donors (Lipinski definition) is 1. The van der Waals surface area contributed by atoms with Crippen LogP contribution in [0.25, 0.3) is 0 Å². The van der Waals surface area contributed by atoms with Gasteiger partial charge in [-0.05, 0) is 12.8 Å². The summed E-state index contributed by atoms with van der Waals surface area (Å²) in [6.45, 7) is 3.39. The van der Waals surface area contributed by atoms with Crippen molar-refractivity contribution in [3.8, 4) is 0 Å². The number of nitro groups is 1. The van der Waals surface area contributed by atoms with Gasteiger partial charge in [0.25, 0.3) is 0 Å². The SMILES string of the molecule is CC(O)C(C)CC[N+](=O)[O-]. The van der Waals surface area contributed by atoms with Crippen LogP contribution < -0.4 is 0 Å². The van der Waals surface area contributed by atoms with E-state index < -0.39 is 6.10 Å². The molecular formula is C6H13NO3. The Bertz CT molecular complexity index is 114. The van der Waals surface area contributed by atoms with Crippen molar-refractivity contribution < 1.29 is 10.0 Å². The molecule has 0 spiro atoms. The number of nitrogens with zero attached hydrogens (tertiary/aromatic N) is 1. The van der Waals surface area contributed by atoms with E-state index in [0.717, 1.165) is 0 Å². The highest BCUT2D eigenvalue weighted by Gasteiger charge is 2.10. The molecule has 2 atom stereocenters. The van der Waals surface area contributed by atoms with Crippen molar-refractivity contribution >= 4 is 0 Å². The molecule has 0 saturated heterocycles. The van der Waals surface area contributed by atoms with Crippen LogP contribution in [-0.2, 0) is 0 Å². The van der Waals surface area contributed by atoms with Gasteiger partial charge in [-0.15, -0.1) is 0 Å². The van der Waals surface area contributed by atoms with Crippen LogP contribution >= 0.6 is 0 Å². The van der Waals surface area contributed by atoms with E-state index in [4.69, 9.17) is 5.11 Å². The molecule has 0 saturated carbocycles. The Hall–Kier alpha value is -0.640. The van der Waals surface area contributed by atoms with Crippen molar-refractivity contribution in [2.45, 2.75) is 26.4 Å². The number of aliphatic hydroxyl groups excluding tert-OH is 1. The summed E-state index contributed by atoms with van der Waals surface area (Å²) >= 11 is 0. The molecule has 0 bridgehead atoms. The normalized spacial score (nSPS) is 16.3. The molecule has 4 heteroatoms. The molecule has 0 aliphatic carbocycles. The fraction of sp³-hybridized carbons (Fsp3) is 1.00. The van der Waals surface area contributed by atoms with E-state index in [1.165, 1.54) is 0 Å². The van der Waals surface area contributed by atoms with Crippen LogP contribution in [0.15, 0.2) is 0 Å². The molecule has 60 valence electrons. The third-order valence-electron chi connectivity index (χ3n) is 1.59. The molecule has 0 aliphatic heterocycles. The Morgan fingerprint density at radius 1 is 1.60 bits per heavy atom. The van der Waals surface area contributed by atoms with Crippen molar-refractivity contribution in [1.29, 1.82) is 0 Å². The third kappa shape index (κ3) is 4.26. The maximum atomic E-state index is 9.85. The monoisotopic (exact) mass is 147 g/mol. The van der Waals surface area contributed by atoms with E-state index in [0.29, 0.717) is 6.42 Å². The summed E-state index contributed by atoms with van der Waals surface area (Å²) in [4.78, 5) is 9.49. The first kappa shape index (κ1) is 9.36. The molecule has 0 aromatic rings. The lowest BCUT2D eigenvalue weighted by atomic mass is 10.0. The van der Waals surface area contributed by atoms with Gasteiger partial charge in [-0.2, -0.15) is 0 Å². The largest absolute Gasteiger partial charge is 0.393 e. The van der Waals surface area contributed by atoms with Gasteiger partial charge in [-0.1, -0.05) is 6.92 Å². The topological polar surface area (TPSA) is 63.4 Å². The molecule has 0 radical (unpaired) electrons. The lowest BCUT2D eigenvalue weighted by molar-refractivity contribution is -0.481. The van der Waals surface area contributed by atoms with Gasteiger partial charge in [0.1, 0.15) is 0 Å². The Morgan fingerprint density at radius 3 is 2.40 bits per heavy atom. The van der Waals surface area contributed by atoms with E-state index in [2.05, 4.69) is 0 Å². The fourth-order valence-electron chi connectivity index (χ4n) is 0.550. The Labute approximate surface area is 60.0 Å². The van der Waals surface area contributed by atoms with Gasteiger partial charge in [0.2, 0.25) is 6.54 Å². The van der Waals surface area contributed by atoms with Crippen LogP contribution in [0.5, 0.6) is 0 Å². The van der Waals surface area contributed by atoms with Crippen LogP contribution in [0.1, 0.15) is 20.3 Å². The Balaban J connectivity index is 3.39. The second-order valence-electron chi connectivity index (χ2n) is 2.56. The summed E-state index contributed by atoms with van der Waals surface area (Å²) in [6.07, 6.45) is 0.00458. The molecule has 2 unspecified atom stereocenters. The second-order valence-corrected chi connectivity index (χ2v) is 2.56. The molecule has 1 N–H and O–H groups in total. The average molecular weight is 147 g/mol. The Morgan fingerprint density at radius 2 is 2.10 bits per heavy atom. The van der Waals surface area contributed by atoms with Gasteiger partial charge in [0.15, 0.2) is 0 Å². The summed E-state index contributed by atoms with van der Waals surface area (Å²) in [5.74, 6) is 0.0189. The minimum Gasteiger partial charge on any atom is -0.393 e. The molecule has 0 aliphatic rings. The molecule has 0 rings (SSSR count). The van der Waals surface area contributed by atoms with Gasteiger partial charge < -0.3 is 5.11 Å². The van der Waals surface area contributed by atoms with Crippen molar-refractivity contribution in [3.05, 3.63) is 10.1 Å². The van der Waals surface area contributed by atoms with E-state index in [1.807, 2.05) is 0 Å². The quantitative estimate of drug-likeness (QED) is 0.469. The Kier molecular flexibility index (Phi) is 3.95. The van der Waals surface area contributed by atoms with Gasteiger partial charge in [-0.25, -0.2) is 0 Å². The minimum atomic E-state index is -0.444. The molecular weight excluding hydrogens is 134 g/mol. The lowest BCUT2D eigenvalue weighted by Crippen LogP contribution is -2.16. The molecule has 4 nitrogen and oxygen atoms in total. The van der Waals surface area contributed by atoms with Crippen molar-refractivity contribution in [3.63, 3.8) is 0 Å². The van der Waals surface area contributed by atoms with Gasteiger partial charge in [0, 0.05) is 11.3 Å². The van der Waals surface area contributed by atoms with E-state index >= 15 is 0 Å². The summed E-state index contributed by atoms with van der Waals surface area (Å²) in [5, 5.41) is 18.8. The van der Waals surface area contributed by atoms with Crippen LogP contribution in [0.2, 0.25) is 0 Å². The number of hydrogen-bond acceptors (Lipinski definition) is 3. The smallest absolute Gasteiger partial charge is 0.204 e. The van der Waals surface area contributed by atoms with E-state index in [9.17, 15) is 10.1 Å². The predicted octanol–water partition coefficient (Wildman–Crippen LogP) is 0.670. The zero-order valence-electron chi connectivity index (χ0n) is 6.28. The first-order valence-corrected chi connectivity index (χ1v) is 3.34. The lowest BCUT2D eigenvalue weighted by Gasteiger charge is -2.10. The molecule has 0 heterocycles. The zero-order valence-corrected chi connectivity index (χ0v) is 6.28. The van der Waals surface area contributed by atoms with Crippen LogP contribution in [0, 0.1) is 16.0 Å². The highest BCUT2D eigenvalue weighted by Crippen LogP contribution is 2.06. The zero-order chi connectivity index (χ0) is 8.15. The van der Waals surface area contributed by atoms with E-state index in [1.54, 1.807) is 13.8 Å².